The monoisotopic (exact) mass is 266 g/mol. The van der Waals surface area contributed by atoms with Gasteiger partial charge in [0.15, 0.2) is 5.78 Å². The zero-order chi connectivity index (χ0) is 13.5. The Hall–Kier alpha value is -1.74. The minimum absolute atomic E-state index is 0.180. The van der Waals surface area contributed by atoms with Crippen LogP contribution in [0.1, 0.15) is 36.0 Å². The largest absolute Gasteiger partial charge is 0.311 e. The van der Waals surface area contributed by atoms with Crippen LogP contribution in [0.25, 0.3) is 10.9 Å². The number of ketones is 1. The van der Waals surface area contributed by atoms with Crippen LogP contribution in [0.15, 0.2) is 36.5 Å². The number of hydrogen-bond donors (Lipinski definition) is 1. The van der Waals surface area contributed by atoms with E-state index < -0.39 is 0 Å². The fourth-order valence-corrected chi connectivity index (χ4v) is 3.81. The molecule has 2 atom stereocenters. The third-order valence-electron chi connectivity index (χ3n) is 4.76. The molecule has 2 fully saturated rings. The molecule has 2 saturated heterocycles. The van der Waals surface area contributed by atoms with E-state index >= 15 is 0 Å². The number of pyridine rings is 1. The zero-order valence-corrected chi connectivity index (χ0v) is 11.4. The maximum atomic E-state index is 12.9. The predicted octanol–water partition coefficient (Wildman–Crippen LogP) is 2.95. The number of rotatable bonds is 2. The molecule has 2 bridgehead atoms. The summed E-state index contributed by atoms with van der Waals surface area (Å²) in [7, 11) is 0. The molecule has 0 spiro atoms. The molecule has 3 nitrogen and oxygen atoms in total. The van der Waals surface area contributed by atoms with Gasteiger partial charge in [-0.1, -0.05) is 18.2 Å². The highest BCUT2D eigenvalue weighted by Gasteiger charge is 2.37. The van der Waals surface area contributed by atoms with E-state index in [1.54, 1.807) is 6.20 Å². The van der Waals surface area contributed by atoms with Crippen LogP contribution in [0.2, 0.25) is 0 Å². The van der Waals surface area contributed by atoms with Crippen LogP contribution in [-0.2, 0) is 0 Å². The van der Waals surface area contributed by atoms with Crippen molar-refractivity contribution >= 4 is 16.7 Å². The second-order valence-electron chi connectivity index (χ2n) is 6.05. The number of nitrogens with zero attached hydrogens (tertiary/aromatic N) is 1. The third-order valence-corrected chi connectivity index (χ3v) is 4.76. The van der Waals surface area contributed by atoms with E-state index in [4.69, 9.17) is 0 Å². The molecule has 2 aliphatic rings. The maximum absolute atomic E-state index is 12.9. The minimum atomic E-state index is 0.180. The highest BCUT2D eigenvalue weighted by atomic mass is 16.1. The Labute approximate surface area is 118 Å². The van der Waals surface area contributed by atoms with Crippen LogP contribution in [0.5, 0.6) is 0 Å². The van der Waals surface area contributed by atoms with Crippen LogP contribution in [0.4, 0.5) is 0 Å². The molecule has 0 saturated carbocycles. The van der Waals surface area contributed by atoms with Gasteiger partial charge in [-0.25, -0.2) is 0 Å². The first kappa shape index (κ1) is 12.0. The molecule has 1 N–H and O–H groups in total. The zero-order valence-electron chi connectivity index (χ0n) is 11.4. The van der Waals surface area contributed by atoms with Crippen molar-refractivity contribution in [1.29, 1.82) is 0 Å². The summed E-state index contributed by atoms with van der Waals surface area (Å²) in [6, 6.07) is 10.9. The molecular formula is C17H18N2O. The summed E-state index contributed by atoms with van der Waals surface area (Å²) in [6.07, 6.45) is 6.22. The van der Waals surface area contributed by atoms with Gasteiger partial charge >= 0.3 is 0 Å². The second kappa shape index (κ2) is 4.67. The van der Waals surface area contributed by atoms with Crippen molar-refractivity contribution in [1.82, 2.24) is 10.3 Å². The first-order valence-electron chi connectivity index (χ1n) is 7.45. The fourth-order valence-electron chi connectivity index (χ4n) is 3.81. The molecule has 1 aromatic carbocycles. The summed E-state index contributed by atoms with van der Waals surface area (Å²) >= 11 is 0. The Kier molecular flexibility index (Phi) is 2.81. The number of hydrogen-bond acceptors (Lipinski definition) is 3. The molecule has 0 radical (unpaired) electrons. The van der Waals surface area contributed by atoms with Gasteiger partial charge in [0.2, 0.25) is 0 Å². The van der Waals surface area contributed by atoms with E-state index in [0.29, 0.717) is 17.9 Å². The van der Waals surface area contributed by atoms with Crippen LogP contribution in [0.3, 0.4) is 0 Å². The minimum Gasteiger partial charge on any atom is -0.311 e. The van der Waals surface area contributed by atoms with Crippen molar-refractivity contribution < 1.29 is 4.79 Å². The van der Waals surface area contributed by atoms with Gasteiger partial charge in [0, 0.05) is 35.1 Å². The summed E-state index contributed by atoms with van der Waals surface area (Å²) in [5, 5.41) is 4.59. The summed E-state index contributed by atoms with van der Waals surface area (Å²) in [5.41, 5.74) is 1.76. The lowest BCUT2D eigenvalue weighted by Gasteiger charge is -2.28. The fraction of sp³-hybridized carbons (Fsp3) is 0.412. The van der Waals surface area contributed by atoms with E-state index in [1.807, 2.05) is 30.3 Å². The molecule has 3 heteroatoms. The van der Waals surface area contributed by atoms with Crippen molar-refractivity contribution in [2.24, 2.45) is 5.92 Å². The average molecular weight is 266 g/mol. The van der Waals surface area contributed by atoms with E-state index in [9.17, 15) is 4.79 Å². The highest BCUT2D eigenvalue weighted by molar-refractivity contribution is 6.08. The Bertz CT molecular complexity index is 650. The van der Waals surface area contributed by atoms with E-state index in [2.05, 4.69) is 10.3 Å². The number of carbonyl (C=O) groups is 1. The Morgan fingerprint density at radius 1 is 1.10 bits per heavy atom. The van der Waals surface area contributed by atoms with Crippen molar-refractivity contribution in [2.45, 2.75) is 37.8 Å². The SMILES string of the molecule is O=C(c1cccc2ncccc12)C1CC2CCC(C1)N2. The summed E-state index contributed by atoms with van der Waals surface area (Å²) < 4.78 is 0. The van der Waals surface area contributed by atoms with E-state index in [0.717, 1.165) is 29.3 Å². The van der Waals surface area contributed by atoms with Gasteiger partial charge in [0.25, 0.3) is 0 Å². The highest BCUT2D eigenvalue weighted by Crippen LogP contribution is 2.33. The summed E-state index contributed by atoms with van der Waals surface area (Å²) in [6.45, 7) is 0. The number of fused-ring (bicyclic) bond motifs is 3. The van der Waals surface area contributed by atoms with Crippen LogP contribution < -0.4 is 5.32 Å². The molecule has 0 amide bonds. The normalized spacial score (nSPS) is 28.7. The Balaban J connectivity index is 1.70. The lowest BCUT2D eigenvalue weighted by atomic mass is 9.85. The smallest absolute Gasteiger partial charge is 0.166 e. The summed E-state index contributed by atoms with van der Waals surface area (Å²) in [4.78, 5) is 17.2. The second-order valence-corrected chi connectivity index (χ2v) is 6.05. The van der Waals surface area contributed by atoms with Crippen molar-refractivity contribution in [3.05, 3.63) is 42.1 Å². The number of benzene rings is 1. The van der Waals surface area contributed by atoms with Crippen LogP contribution in [0, 0.1) is 5.92 Å². The number of Topliss-reactive ketones (excluding diaryl/α,β-unsaturated/α-hetero) is 1. The first-order valence-corrected chi connectivity index (χ1v) is 7.45. The molecule has 0 aliphatic carbocycles. The maximum Gasteiger partial charge on any atom is 0.166 e. The standard InChI is InChI=1S/C17H18N2O/c20-17(11-9-12-6-7-13(10-11)19-12)15-3-1-5-16-14(15)4-2-8-18-16/h1-5,8,11-13,19H,6-7,9-10H2. The molecule has 2 unspecified atom stereocenters. The average Bonchev–Trinajstić information content (AvgIpc) is 2.84. The Morgan fingerprint density at radius 3 is 2.70 bits per heavy atom. The number of piperidine rings is 1. The van der Waals surface area contributed by atoms with Crippen molar-refractivity contribution in [3.8, 4) is 0 Å². The third kappa shape index (κ3) is 1.93. The molecule has 20 heavy (non-hydrogen) atoms. The van der Waals surface area contributed by atoms with Crippen LogP contribution >= 0.6 is 0 Å². The van der Waals surface area contributed by atoms with Gasteiger partial charge in [-0.15, -0.1) is 0 Å². The predicted molar refractivity (Wildman–Crippen MR) is 78.7 cm³/mol. The van der Waals surface area contributed by atoms with Gasteiger partial charge in [-0.3, -0.25) is 9.78 Å². The lowest BCUT2D eigenvalue weighted by Crippen LogP contribution is -2.40. The molecule has 4 rings (SSSR count). The quantitative estimate of drug-likeness (QED) is 0.850. The van der Waals surface area contributed by atoms with Gasteiger partial charge < -0.3 is 5.32 Å². The summed E-state index contributed by atoms with van der Waals surface area (Å²) in [5.74, 6) is 0.488. The number of aromatic nitrogens is 1. The van der Waals surface area contributed by atoms with Crippen LogP contribution in [-0.4, -0.2) is 22.9 Å². The molecule has 2 aromatic rings. The molecule has 1 aromatic heterocycles. The first-order chi connectivity index (χ1) is 9.81. The van der Waals surface area contributed by atoms with Gasteiger partial charge in [0.1, 0.15) is 0 Å². The van der Waals surface area contributed by atoms with Crippen molar-refractivity contribution in [2.75, 3.05) is 0 Å². The molecule has 2 aliphatic heterocycles. The van der Waals surface area contributed by atoms with Gasteiger partial charge in [-0.2, -0.15) is 0 Å². The van der Waals surface area contributed by atoms with Gasteiger partial charge in [0.05, 0.1) is 5.52 Å². The molecule has 3 heterocycles. The Morgan fingerprint density at radius 2 is 1.90 bits per heavy atom. The molecular weight excluding hydrogens is 248 g/mol. The lowest BCUT2D eigenvalue weighted by molar-refractivity contribution is 0.0877. The van der Waals surface area contributed by atoms with E-state index in [1.165, 1.54) is 12.8 Å². The van der Waals surface area contributed by atoms with Gasteiger partial charge in [-0.05, 0) is 37.8 Å². The number of nitrogens with one attached hydrogen (secondary N) is 1. The number of carbonyl (C=O) groups excluding carboxylic acids is 1. The van der Waals surface area contributed by atoms with Crippen molar-refractivity contribution in [3.63, 3.8) is 0 Å². The molecule has 102 valence electrons. The van der Waals surface area contributed by atoms with E-state index in [-0.39, 0.29) is 5.92 Å². The topological polar surface area (TPSA) is 42.0 Å².